The zero-order valence-electron chi connectivity index (χ0n) is 30.3. The van der Waals surface area contributed by atoms with Crippen LogP contribution in [0.2, 0.25) is 0 Å². The van der Waals surface area contributed by atoms with Crippen molar-refractivity contribution in [2.24, 2.45) is 0 Å². The molecule has 0 amide bonds. The second-order valence-corrected chi connectivity index (χ2v) is 14.2. The molecule has 5 aromatic carbocycles. The van der Waals surface area contributed by atoms with Gasteiger partial charge in [-0.1, -0.05) is 72.8 Å². The third-order valence-electron chi connectivity index (χ3n) is 8.69. The van der Waals surface area contributed by atoms with Crippen molar-refractivity contribution in [2.45, 2.75) is 35.5 Å². The van der Waals surface area contributed by atoms with E-state index in [2.05, 4.69) is 4.72 Å². The zero-order valence-corrected chi connectivity index (χ0v) is 31.1. The van der Waals surface area contributed by atoms with Crippen molar-refractivity contribution in [2.75, 3.05) is 6.61 Å². The van der Waals surface area contributed by atoms with Gasteiger partial charge in [-0.15, -0.1) is 0 Å². The molecule has 1 fully saturated rings. The molecule has 1 heterocycles. The second kappa shape index (κ2) is 18.3. The fraction of sp³-hybridized carbons (Fsp3) is 0.150. The summed E-state index contributed by atoms with van der Waals surface area (Å²) in [4.78, 5) is 74.6. The number of rotatable bonds is 14. The number of esters is 4. The van der Waals surface area contributed by atoms with Crippen LogP contribution >= 0.6 is 0 Å². The lowest BCUT2D eigenvalue weighted by Crippen LogP contribution is -2.66. The molecule has 59 heavy (non-hydrogen) atoms. The quantitative estimate of drug-likeness (QED) is 0.0667. The highest BCUT2D eigenvalue weighted by Crippen LogP contribution is 2.33. The number of nitrogens with one attached hydrogen (secondary N) is 1. The van der Waals surface area contributed by atoms with Crippen LogP contribution in [0.4, 0.5) is 11.4 Å². The van der Waals surface area contributed by atoms with Crippen LogP contribution in [0, 0.1) is 20.2 Å². The van der Waals surface area contributed by atoms with Crippen molar-refractivity contribution in [1.29, 1.82) is 0 Å². The highest BCUT2D eigenvalue weighted by molar-refractivity contribution is 7.89. The summed E-state index contributed by atoms with van der Waals surface area (Å²) in [7, 11) is -5.18. The smallest absolute Gasteiger partial charge is 0.338 e. The molecule has 1 N–H and O–H groups in total. The minimum Gasteiger partial charge on any atom is -0.459 e. The van der Waals surface area contributed by atoms with Crippen molar-refractivity contribution in [3.63, 3.8) is 0 Å². The van der Waals surface area contributed by atoms with Crippen LogP contribution in [0.1, 0.15) is 41.4 Å². The molecular formula is C40H31N3O15S. The molecule has 1 aliphatic heterocycles. The number of sulfonamides is 1. The van der Waals surface area contributed by atoms with Crippen LogP contribution in [-0.4, -0.2) is 79.4 Å². The lowest BCUT2D eigenvalue weighted by Gasteiger charge is -2.44. The van der Waals surface area contributed by atoms with Gasteiger partial charge in [-0.2, -0.15) is 4.72 Å². The molecule has 5 aromatic rings. The molecule has 0 aliphatic carbocycles. The first-order valence-electron chi connectivity index (χ1n) is 17.4. The number of ether oxygens (including phenoxy) is 5. The van der Waals surface area contributed by atoms with Crippen LogP contribution in [0.25, 0.3) is 0 Å². The van der Waals surface area contributed by atoms with Gasteiger partial charge in [0.05, 0.1) is 38.2 Å². The first kappa shape index (κ1) is 41.3. The minimum atomic E-state index is -5.18. The predicted molar refractivity (Wildman–Crippen MR) is 202 cm³/mol. The van der Waals surface area contributed by atoms with Crippen LogP contribution in [0.3, 0.4) is 0 Å². The largest absolute Gasteiger partial charge is 0.459 e. The van der Waals surface area contributed by atoms with Crippen molar-refractivity contribution in [1.82, 2.24) is 4.72 Å². The topological polar surface area (TPSA) is 247 Å². The monoisotopic (exact) mass is 825 g/mol. The maximum absolute atomic E-state index is 14.1. The average Bonchev–Trinajstić information content (AvgIpc) is 3.25. The standard InChI is InChI=1S/C40H31N3O15S/c44-37(25-13-5-1-6-14-25)54-24-31-33(56-38(45)26-15-7-2-8-16-26)34(57-39(46)27-17-9-3-10-18-27)35(58-40(47)28-19-11-4-12-20-28)36(55-31)41-59(52,53)32-22-21-29(42(48)49)23-30(32)43(50)51/h1-23,31,33-36,41H,24H2/t31-,33-,34+,35-,36-/m1/s1. The van der Waals surface area contributed by atoms with Gasteiger partial charge in [-0.05, 0) is 54.6 Å². The molecule has 0 saturated carbocycles. The molecule has 0 unspecified atom stereocenters. The first-order valence-corrected chi connectivity index (χ1v) is 18.9. The number of nitro benzene ring substituents is 2. The van der Waals surface area contributed by atoms with Crippen molar-refractivity contribution in [3.05, 3.63) is 182 Å². The number of carbonyl (C=O) groups is 4. The molecule has 1 aliphatic rings. The van der Waals surface area contributed by atoms with Gasteiger partial charge in [-0.25, -0.2) is 27.6 Å². The summed E-state index contributed by atoms with van der Waals surface area (Å²) in [6.45, 7) is -0.797. The zero-order chi connectivity index (χ0) is 42.1. The van der Waals surface area contributed by atoms with Gasteiger partial charge < -0.3 is 23.7 Å². The van der Waals surface area contributed by atoms with E-state index in [9.17, 15) is 47.8 Å². The van der Waals surface area contributed by atoms with E-state index in [-0.39, 0.29) is 22.3 Å². The maximum atomic E-state index is 14.1. The van der Waals surface area contributed by atoms with E-state index in [0.29, 0.717) is 18.2 Å². The van der Waals surface area contributed by atoms with E-state index in [4.69, 9.17) is 23.7 Å². The van der Waals surface area contributed by atoms with Gasteiger partial charge >= 0.3 is 23.9 Å². The summed E-state index contributed by atoms with van der Waals surface area (Å²) in [5.74, 6) is -4.07. The van der Waals surface area contributed by atoms with E-state index in [0.717, 1.165) is 0 Å². The Morgan fingerprint density at radius 2 is 1.00 bits per heavy atom. The summed E-state index contributed by atoms with van der Waals surface area (Å²) < 4.78 is 59.5. The highest BCUT2D eigenvalue weighted by Gasteiger charge is 2.54. The van der Waals surface area contributed by atoms with E-state index < -0.39 is 97.3 Å². The Kier molecular flexibility index (Phi) is 12.8. The molecule has 0 aromatic heterocycles. The van der Waals surface area contributed by atoms with Gasteiger partial charge in [0.1, 0.15) is 12.7 Å². The fourth-order valence-corrected chi connectivity index (χ4v) is 7.15. The lowest BCUT2D eigenvalue weighted by molar-refractivity contribution is -0.396. The number of nitro groups is 2. The normalized spacial score (nSPS) is 18.7. The van der Waals surface area contributed by atoms with Gasteiger partial charge in [0, 0.05) is 6.07 Å². The van der Waals surface area contributed by atoms with Crippen molar-refractivity contribution >= 4 is 45.3 Å². The van der Waals surface area contributed by atoms with Gasteiger partial charge in [0.25, 0.3) is 11.4 Å². The van der Waals surface area contributed by atoms with E-state index in [1.807, 2.05) is 0 Å². The Morgan fingerprint density at radius 1 is 0.576 bits per heavy atom. The summed E-state index contributed by atoms with van der Waals surface area (Å²) in [5, 5.41) is 23.4. The number of carbonyl (C=O) groups excluding carboxylic acids is 4. The van der Waals surface area contributed by atoms with Crippen molar-refractivity contribution < 1.29 is 61.1 Å². The number of hydrogen-bond acceptors (Lipinski definition) is 15. The molecule has 6 rings (SSSR count). The predicted octanol–water partition coefficient (Wildman–Crippen LogP) is 5.04. The molecule has 18 nitrogen and oxygen atoms in total. The Bertz CT molecular complexity index is 2460. The van der Waals surface area contributed by atoms with Crippen LogP contribution in [-0.2, 0) is 33.7 Å². The maximum Gasteiger partial charge on any atom is 0.338 e. The molecule has 0 radical (unpaired) electrons. The van der Waals surface area contributed by atoms with E-state index in [1.54, 1.807) is 36.4 Å². The Morgan fingerprint density at radius 3 is 1.44 bits per heavy atom. The average molecular weight is 826 g/mol. The SMILES string of the molecule is O=C(OC[C@H]1O[C@@H](NS(=O)(=O)c2ccc([N+](=O)[O-])cc2[N+](=O)[O-])[C@H](OC(=O)c2ccccc2)[C@@H](OC(=O)c2ccccc2)[C@@H]1OC(=O)c1ccccc1)c1ccccc1. The number of benzene rings is 5. The molecule has 5 atom stereocenters. The summed E-state index contributed by atoms with van der Waals surface area (Å²) >= 11 is 0. The van der Waals surface area contributed by atoms with Gasteiger partial charge in [-0.3, -0.25) is 20.2 Å². The number of hydrogen-bond donors (Lipinski definition) is 1. The molecule has 19 heteroatoms. The highest BCUT2D eigenvalue weighted by atomic mass is 32.2. The number of nitrogens with zero attached hydrogens (tertiary/aromatic N) is 2. The van der Waals surface area contributed by atoms with Crippen LogP contribution in [0.15, 0.2) is 144 Å². The van der Waals surface area contributed by atoms with Gasteiger partial charge in [0.2, 0.25) is 10.0 Å². The van der Waals surface area contributed by atoms with Crippen LogP contribution < -0.4 is 4.72 Å². The molecule has 302 valence electrons. The molecule has 0 spiro atoms. The van der Waals surface area contributed by atoms with Crippen molar-refractivity contribution in [3.8, 4) is 0 Å². The first-order chi connectivity index (χ1) is 28.3. The van der Waals surface area contributed by atoms with E-state index >= 15 is 0 Å². The van der Waals surface area contributed by atoms with Crippen LogP contribution in [0.5, 0.6) is 0 Å². The Hall–Kier alpha value is -7.35. The molecule has 1 saturated heterocycles. The summed E-state index contributed by atoms with van der Waals surface area (Å²) in [6.07, 6.45) is -9.70. The second-order valence-electron chi connectivity index (χ2n) is 12.6. The summed E-state index contributed by atoms with van der Waals surface area (Å²) in [6, 6.07) is 31.6. The molecular weight excluding hydrogens is 795 g/mol. The third-order valence-corrected chi connectivity index (χ3v) is 10.2. The van der Waals surface area contributed by atoms with E-state index in [1.165, 1.54) is 84.9 Å². The van der Waals surface area contributed by atoms with Gasteiger partial charge in [0.15, 0.2) is 29.4 Å². The minimum absolute atomic E-state index is 0.00630. The lowest BCUT2D eigenvalue weighted by atomic mass is 9.97. The molecule has 0 bridgehead atoms. The Balaban J connectivity index is 1.48. The third kappa shape index (κ3) is 9.97. The summed E-state index contributed by atoms with van der Waals surface area (Å²) in [5.41, 5.74) is -2.00. The fourth-order valence-electron chi connectivity index (χ4n) is 5.87. The Labute approximate surface area is 334 Å². The number of non-ortho nitro benzene ring substituents is 1.